The second kappa shape index (κ2) is 13.7. The number of nitrogens with zero attached hydrogens (tertiary/aromatic N) is 2. The first-order valence-corrected chi connectivity index (χ1v) is 15.0. The van der Waals surface area contributed by atoms with Crippen LogP contribution in [0.3, 0.4) is 0 Å². The van der Waals surface area contributed by atoms with Gasteiger partial charge < -0.3 is 15.0 Å². The maximum atomic E-state index is 14.3. The Morgan fingerprint density at radius 1 is 0.977 bits per heavy atom. The lowest BCUT2D eigenvalue weighted by atomic mass is 9.98. The number of aromatic nitrogens is 2. The second-order valence-corrected chi connectivity index (χ2v) is 11.0. The standard InChI is InChI=1S/C35H34FN3O3S/c1-2-8-32-38-33-27(20-36)18-26(34(40)37-28(22-43)17-23-9-4-3-5-10-23)19-31(33)39(32)21-24-13-15-25(16-14-24)29-11-6-7-12-30(29)35(41)42/h3-7,9-16,18-19,28,43H,2,8,17,20-22H2,1H3,(H,37,40)(H,41,42)/t28-/m1/s1. The molecule has 0 fully saturated rings. The number of thiol groups is 1. The molecule has 0 bridgehead atoms. The fraction of sp³-hybridized carbons (Fsp3) is 0.229. The lowest BCUT2D eigenvalue weighted by Gasteiger charge is -2.17. The molecule has 6 nitrogen and oxygen atoms in total. The average molecular weight is 596 g/mol. The molecule has 43 heavy (non-hydrogen) atoms. The number of aromatic carboxylic acids is 1. The Kier molecular flexibility index (Phi) is 9.57. The van der Waals surface area contributed by atoms with Crippen molar-refractivity contribution in [2.24, 2.45) is 0 Å². The summed E-state index contributed by atoms with van der Waals surface area (Å²) in [5.74, 6) is 0.0305. The van der Waals surface area contributed by atoms with E-state index in [1.807, 2.05) is 60.7 Å². The summed E-state index contributed by atoms with van der Waals surface area (Å²) in [6.45, 7) is 1.80. The molecule has 1 atom stereocenters. The summed E-state index contributed by atoms with van der Waals surface area (Å²) in [6, 6.07) is 27.8. The molecule has 0 unspecified atom stereocenters. The summed E-state index contributed by atoms with van der Waals surface area (Å²) in [5, 5.41) is 12.7. The molecule has 1 aromatic heterocycles. The highest BCUT2D eigenvalue weighted by atomic mass is 32.1. The highest BCUT2D eigenvalue weighted by molar-refractivity contribution is 7.80. The molecular formula is C35H34FN3O3S. The van der Waals surface area contributed by atoms with Crippen molar-refractivity contribution in [1.29, 1.82) is 0 Å². The van der Waals surface area contributed by atoms with Gasteiger partial charge in [0.25, 0.3) is 5.91 Å². The third-order valence-corrected chi connectivity index (χ3v) is 7.98. The molecule has 5 aromatic rings. The van der Waals surface area contributed by atoms with Gasteiger partial charge >= 0.3 is 5.97 Å². The van der Waals surface area contributed by atoms with Crippen molar-refractivity contribution < 1.29 is 19.1 Å². The summed E-state index contributed by atoms with van der Waals surface area (Å²) in [7, 11) is 0. The Morgan fingerprint density at radius 2 is 1.70 bits per heavy atom. The van der Waals surface area contributed by atoms with E-state index in [0.717, 1.165) is 28.9 Å². The van der Waals surface area contributed by atoms with E-state index in [9.17, 15) is 19.1 Å². The van der Waals surface area contributed by atoms with Crippen LogP contribution >= 0.6 is 12.6 Å². The van der Waals surface area contributed by atoms with Gasteiger partial charge in [-0.05, 0) is 53.3 Å². The number of carboxylic acids is 1. The summed E-state index contributed by atoms with van der Waals surface area (Å²) < 4.78 is 16.4. The van der Waals surface area contributed by atoms with Gasteiger partial charge in [0, 0.05) is 35.9 Å². The van der Waals surface area contributed by atoms with Crippen LogP contribution in [0, 0.1) is 0 Å². The Bertz CT molecular complexity index is 1740. The van der Waals surface area contributed by atoms with Crippen molar-refractivity contribution in [3.63, 3.8) is 0 Å². The van der Waals surface area contributed by atoms with E-state index in [4.69, 9.17) is 4.98 Å². The van der Waals surface area contributed by atoms with E-state index in [1.165, 1.54) is 0 Å². The molecule has 8 heteroatoms. The van der Waals surface area contributed by atoms with Crippen LogP contribution in [0.15, 0.2) is 91.0 Å². The smallest absolute Gasteiger partial charge is 0.336 e. The zero-order valence-electron chi connectivity index (χ0n) is 24.0. The molecule has 0 aliphatic heterocycles. The Morgan fingerprint density at radius 3 is 2.37 bits per heavy atom. The fourth-order valence-corrected chi connectivity index (χ4v) is 5.61. The van der Waals surface area contributed by atoms with Gasteiger partial charge in [0.1, 0.15) is 12.5 Å². The number of nitrogens with one attached hydrogen (secondary N) is 1. The van der Waals surface area contributed by atoms with Crippen molar-refractivity contribution in [2.75, 3.05) is 5.75 Å². The van der Waals surface area contributed by atoms with Crippen LogP contribution in [0.4, 0.5) is 4.39 Å². The molecule has 4 aromatic carbocycles. The number of rotatable bonds is 12. The largest absolute Gasteiger partial charge is 0.478 e. The highest BCUT2D eigenvalue weighted by Crippen LogP contribution is 2.28. The van der Waals surface area contributed by atoms with Gasteiger partial charge in [-0.3, -0.25) is 4.79 Å². The van der Waals surface area contributed by atoms with E-state index in [1.54, 1.807) is 30.3 Å². The number of carbonyl (C=O) groups is 2. The maximum absolute atomic E-state index is 14.3. The number of carbonyl (C=O) groups excluding carboxylic acids is 1. The molecule has 0 saturated carbocycles. The molecule has 1 heterocycles. The number of amides is 1. The number of fused-ring (bicyclic) bond motifs is 1. The average Bonchev–Trinajstić information content (AvgIpc) is 3.37. The number of imidazole rings is 1. The molecule has 0 saturated heterocycles. The summed E-state index contributed by atoms with van der Waals surface area (Å²) in [5.41, 5.74) is 5.79. The molecule has 0 aliphatic carbocycles. The SMILES string of the molecule is CCCc1nc2c(CF)cc(C(=O)N[C@@H](CS)Cc3ccccc3)cc2n1Cc1ccc(-c2ccccc2C(=O)O)cc1. The topological polar surface area (TPSA) is 84.2 Å². The monoisotopic (exact) mass is 595 g/mol. The molecule has 220 valence electrons. The predicted octanol–water partition coefficient (Wildman–Crippen LogP) is 7.14. The Hall–Kier alpha value is -4.43. The van der Waals surface area contributed by atoms with Crippen LogP contribution in [-0.4, -0.2) is 38.3 Å². The van der Waals surface area contributed by atoms with E-state index < -0.39 is 12.6 Å². The van der Waals surface area contributed by atoms with Gasteiger partial charge in [0.05, 0.1) is 16.6 Å². The van der Waals surface area contributed by atoms with Crippen molar-refractivity contribution in [1.82, 2.24) is 14.9 Å². The lowest BCUT2D eigenvalue weighted by Crippen LogP contribution is -2.37. The predicted molar refractivity (Wildman–Crippen MR) is 172 cm³/mol. The fourth-order valence-electron chi connectivity index (χ4n) is 5.39. The number of hydrogen-bond acceptors (Lipinski definition) is 4. The van der Waals surface area contributed by atoms with E-state index in [2.05, 4.69) is 29.4 Å². The zero-order valence-corrected chi connectivity index (χ0v) is 24.9. The van der Waals surface area contributed by atoms with Gasteiger partial charge in [0.2, 0.25) is 0 Å². The zero-order chi connectivity index (χ0) is 30.3. The van der Waals surface area contributed by atoms with Crippen molar-refractivity contribution >= 4 is 35.5 Å². The Balaban J connectivity index is 1.46. The van der Waals surface area contributed by atoms with E-state index in [-0.39, 0.29) is 17.5 Å². The number of hydrogen-bond donors (Lipinski definition) is 3. The third kappa shape index (κ3) is 6.81. The molecular weight excluding hydrogens is 561 g/mol. The van der Waals surface area contributed by atoms with Gasteiger partial charge in [-0.25, -0.2) is 14.2 Å². The van der Waals surface area contributed by atoms with Gasteiger partial charge in [-0.2, -0.15) is 12.6 Å². The first kappa shape index (κ1) is 30.0. The molecule has 0 radical (unpaired) electrons. The normalized spacial score (nSPS) is 11.9. The van der Waals surface area contributed by atoms with Crippen LogP contribution in [0.5, 0.6) is 0 Å². The van der Waals surface area contributed by atoms with Crippen molar-refractivity contribution in [3.8, 4) is 11.1 Å². The van der Waals surface area contributed by atoms with Gasteiger partial charge in [0.15, 0.2) is 0 Å². The summed E-state index contributed by atoms with van der Waals surface area (Å²) >= 11 is 4.46. The van der Waals surface area contributed by atoms with Crippen LogP contribution < -0.4 is 5.32 Å². The molecule has 1 amide bonds. The van der Waals surface area contributed by atoms with Crippen LogP contribution in [0.2, 0.25) is 0 Å². The molecule has 2 N–H and O–H groups in total. The summed E-state index contributed by atoms with van der Waals surface area (Å²) in [6.07, 6.45) is 2.19. The van der Waals surface area contributed by atoms with Crippen molar-refractivity contribution in [3.05, 3.63) is 125 Å². The number of aryl methyl sites for hydroxylation is 1. The second-order valence-electron chi connectivity index (χ2n) is 10.6. The molecule has 0 spiro atoms. The maximum Gasteiger partial charge on any atom is 0.336 e. The lowest BCUT2D eigenvalue weighted by molar-refractivity contribution is 0.0697. The summed E-state index contributed by atoms with van der Waals surface area (Å²) in [4.78, 5) is 30.0. The van der Waals surface area contributed by atoms with Gasteiger partial charge in [-0.15, -0.1) is 0 Å². The molecule has 0 aliphatic rings. The van der Waals surface area contributed by atoms with Crippen LogP contribution in [0.1, 0.15) is 56.6 Å². The van der Waals surface area contributed by atoms with E-state index in [0.29, 0.717) is 52.9 Å². The number of carboxylic acid groups (broad SMARTS) is 1. The number of alkyl halides is 1. The minimum Gasteiger partial charge on any atom is -0.478 e. The van der Waals surface area contributed by atoms with Crippen molar-refractivity contribution in [2.45, 2.75) is 45.4 Å². The van der Waals surface area contributed by atoms with E-state index >= 15 is 0 Å². The molecule has 5 rings (SSSR count). The van der Waals surface area contributed by atoms with Crippen LogP contribution in [-0.2, 0) is 26.1 Å². The first-order chi connectivity index (χ1) is 20.9. The van der Waals surface area contributed by atoms with Gasteiger partial charge in [-0.1, -0.05) is 79.7 Å². The quantitative estimate of drug-likeness (QED) is 0.134. The minimum atomic E-state index is -0.974. The van der Waals surface area contributed by atoms with Crippen LogP contribution in [0.25, 0.3) is 22.2 Å². The minimum absolute atomic E-state index is 0.187. The number of halogens is 1. The number of benzene rings is 4. The Labute approximate surface area is 256 Å². The first-order valence-electron chi connectivity index (χ1n) is 14.4. The third-order valence-electron chi connectivity index (χ3n) is 7.54. The highest BCUT2D eigenvalue weighted by Gasteiger charge is 2.20.